The fourth-order valence-corrected chi connectivity index (χ4v) is 3.04. The molecule has 1 aliphatic rings. The molecule has 152 valence electrons. The van der Waals surface area contributed by atoms with Crippen molar-refractivity contribution >= 4 is 29.6 Å². The van der Waals surface area contributed by atoms with E-state index in [4.69, 9.17) is 9.47 Å². The van der Waals surface area contributed by atoms with Gasteiger partial charge < -0.3 is 9.47 Å². The lowest BCUT2D eigenvalue weighted by molar-refractivity contribution is -0.120. The van der Waals surface area contributed by atoms with Crippen LogP contribution < -0.4 is 9.80 Å². The summed E-state index contributed by atoms with van der Waals surface area (Å²) in [6.07, 6.45) is -0.881. The highest BCUT2D eigenvalue weighted by Gasteiger charge is 2.47. The predicted molar refractivity (Wildman–Crippen MR) is 107 cm³/mol. The van der Waals surface area contributed by atoms with Crippen molar-refractivity contribution in [2.75, 3.05) is 9.80 Å². The average Bonchev–Trinajstić information content (AvgIpc) is 2.66. The van der Waals surface area contributed by atoms with E-state index in [-0.39, 0.29) is 11.5 Å². The second kappa shape index (κ2) is 8.30. The molecule has 1 aliphatic heterocycles. The van der Waals surface area contributed by atoms with Gasteiger partial charge in [-0.3, -0.25) is 4.79 Å². The van der Waals surface area contributed by atoms with E-state index in [0.29, 0.717) is 5.56 Å². The molecule has 0 saturated heterocycles. The van der Waals surface area contributed by atoms with Crippen LogP contribution in [0.2, 0.25) is 0 Å². The minimum Gasteiger partial charge on any atom is -0.446 e. The van der Waals surface area contributed by atoms with Gasteiger partial charge in [-0.2, -0.15) is 0 Å². The highest BCUT2D eigenvalue weighted by molar-refractivity contribution is 6.21. The SMILES string of the molecule is CC(C)OC(=O)N1C(=O)[C@@H](c2ccccc2)N(C(=O)OC(C)C)c2ncccc21. The summed E-state index contributed by atoms with van der Waals surface area (Å²) in [7, 11) is 0. The Kier molecular flexibility index (Phi) is 5.81. The Bertz CT molecular complexity index is 914. The number of nitrogens with zero attached hydrogens (tertiary/aromatic N) is 3. The van der Waals surface area contributed by atoms with Crippen molar-refractivity contribution in [1.82, 2.24) is 4.98 Å². The van der Waals surface area contributed by atoms with Crippen molar-refractivity contribution < 1.29 is 23.9 Å². The largest absolute Gasteiger partial charge is 0.446 e. The second-order valence-corrected chi connectivity index (χ2v) is 7.07. The molecule has 29 heavy (non-hydrogen) atoms. The molecule has 8 nitrogen and oxygen atoms in total. The van der Waals surface area contributed by atoms with Gasteiger partial charge in [0.25, 0.3) is 5.91 Å². The Morgan fingerprint density at radius 3 is 2.17 bits per heavy atom. The summed E-state index contributed by atoms with van der Waals surface area (Å²) < 4.78 is 10.6. The van der Waals surface area contributed by atoms with E-state index in [1.807, 2.05) is 0 Å². The van der Waals surface area contributed by atoms with Crippen LogP contribution in [0.5, 0.6) is 0 Å². The minimum absolute atomic E-state index is 0.146. The van der Waals surface area contributed by atoms with Gasteiger partial charge in [-0.1, -0.05) is 30.3 Å². The maximum atomic E-state index is 13.5. The van der Waals surface area contributed by atoms with Crippen LogP contribution in [-0.4, -0.2) is 35.3 Å². The van der Waals surface area contributed by atoms with Crippen LogP contribution in [0.15, 0.2) is 48.7 Å². The van der Waals surface area contributed by atoms with Gasteiger partial charge in [-0.15, -0.1) is 0 Å². The van der Waals surface area contributed by atoms with Crippen LogP contribution in [0.4, 0.5) is 21.1 Å². The molecule has 1 atom stereocenters. The van der Waals surface area contributed by atoms with Gasteiger partial charge in [0, 0.05) is 6.20 Å². The van der Waals surface area contributed by atoms with Gasteiger partial charge in [-0.05, 0) is 45.4 Å². The number of fused-ring (bicyclic) bond motifs is 1. The van der Waals surface area contributed by atoms with Crippen molar-refractivity contribution in [3.63, 3.8) is 0 Å². The molecule has 3 amide bonds. The van der Waals surface area contributed by atoms with E-state index in [9.17, 15) is 14.4 Å². The van der Waals surface area contributed by atoms with Gasteiger partial charge in [0.15, 0.2) is 5.82 Å². The normalized spacial score (nSPS) is 16.1. The summed E-state index contributed by atoms with van der Waals surface area (Å²) >= 11 is 0. The Morgan fingerprint density at radius 2 is 1.55 bits per heavy atom. The zero-order chi connectivity index (χ0) is 21.1. The third-order valence-electron chi connectivity index (χ3n) is 4.12. The van der Waals surface area contributed by atoms with Crippen molar-refractivity contribution in [2.24, 2.45) is 0 Å². The summed E-state index contributed by atoms with van der Waals surface area (Å²) in [5.41, 5.74) is 0.688. The van der Waals surface area contributed by atoms with E-state index in [1.165, 1.54) is 11.1 Å². The Hall–Kier alpha value is -3.42. The first-order valence-corrected chi connectivity index (χ1v) is 9.35. The number of ether oxygens (including phenoxy) is 2. The molecule has 0 unspecified atom stereocenters. The van der Waals surface area contributed by atoms with Crippen LogP contribution in [0.25, 0.3) is 0 Å². The first-order chi connectivity index (χ1) is 13.8. The number of carbonyl (C=O) groups excluding carboxylic acids is 3. The lowest BCUT2D eigenvalue weighted by Gasteiger charge is -2.39. The smallest absolute Gasteiger partial charge is 0.421 e. The van der Waals surface area contributed by atoms with Crippen LogP contribution >= 0.6 is 0 Å². The van der Waals surface area contributed by atoms with Gasteiger partial charge in [0.1, 0.15) is 6.04 Å². The second-order valence-electron chi connectivity index (χ2n) is 7.07. The molecule has 1 aromatic heterocycles. The topological polar surface area (TPSA) is 89.0 Å². The van der Waals surface area contributed by atoms with Crippen molar-refractivity contribution in [3.8, 4) is 0 Å². The lowest BCUT2D eigenvalue weighted by atomic mass is 10.0. The minimum atomic E-state index is -1.12. The molecule has 1 aromatic carbocycles. The maximum absolute atomic E-state index is 13.5. The van der Waals surface area contributed by atoms with Crippen LogP contribution in [0.3, 0.4) is 0 Å². The lowest BCUT2D eigenvalue weighted by Crippen LogP contribution is -2.53. The standard InChI is InChI=1S/C21H23N3O5/c1-13(2)28-20(26)23-16-11-8-12-22-18(16)24(21(27)29-14(3)4)17(19(23)25)15-9-6-5-7-10-15/h5-14,17H,1-4H3/t17-/m1/s1. The fourth-order valence-electron chi connectivity index (χ4n) is 3.04. The maximum Gasteiger partial charge on any atom is 0.421 e. The number of imide groups is 1. The highest BCUT2D eigenvalue weighted by atomic mass is 16.6. The zero-order valence-electron chi connectivity index (χ0n) is 16.7. The first kappa shape index (κ1) is 20.3. The van der Waals surface area contributed by atoms with E-state index < -0.39 is 36.3 Å². The highest BCUT2D eigenvalue weighted by Crippen LogP contribution is 2.41. The molecule has 2 aromatic rings. The average molecular weight is 397 g/mol. The molecule has 0 fully saturated rings. The summed E-state index contributed by atoms with van der Waals surface area (Å²) in [4.78, 5) is 45.5. The Morgan fingerprint density at radius 1 is 0.931 bits per heavy atom. The molecule has 8 heteroatoms. The number of amides is 3. The number of hydrogen-bond acceptors (Lipinski definition) is 6. The van der Waals surface area contributed by atoms with Gasteiger partial charge in [-0.25, -0.2) is 24.4 Å². The summed E-state index contributed by atoms with van der Waals surface area (Å²) in [5, 5.41) is 0. The zero-order valence-corrected chi connectivity index (χ0v) is 16.7. The fraction of sp³-hybridized carbons (Fsp3) is 0.333. The van der Waals surface area contributed by atoms with E-state index in [1.54, 1.807) is 70.2 Å². The third-order valence-corrected chi connectivity index (χ3v) is 4.12. The summed E-state index contributed by atoms with van der Waals surface area (Å²) in [6.45, 7) is 6.81. The van der Waals surface area contributed by atoms with Crippen molar-refractivity contribution in [3.05, 3.63) is 54.2 Å². The number of benzene rings is 1. The quantitative estimate of drug-likeness (QED) is 0.776. The molecule has 0 saturated carbocycles. The number of carbonyl (C=O) groups is 3. The Labute approximate surface area is 169 Å². The monoisotopic (exact) mass is 397 g/mol. The molecular formula is C21H23N3O5. The number of aromatic nitrogens is 1. The van der Waals surface area contributed by atoms with Crippen LogP contribution in [-0.2, 0) is 14.3 Å². The predicted octanol–water partition coefficient (Wildman–Crippen LogP) is 4.07. The molecule has 0 N–H and O–H groups in total. The molecule has 3 rings (SSSR count). The summed E-state index contributed by atoms with van der Waals surface area (Å²) in [6, 6.07) is 10.7. The molecule has 0 spiro atoms. The summed E-state index contributed by atoms with van der Waals surface area (Å²) in [5.74, 6) is -0.477. The number of pyridine rings is 1. The van der Waals surface area contributed by atoms with E-state index >= 15 is 0 Å². The van der Waals surface area contributed by atoms with Crippen molar-refractivity contribution in [1.29, 1.82) is 0 Å². The first-order valence-electron chi connectivity index (χ1n) is 9.35. The molecule has 2 heterocycles. The van der Waals surface area contributed by atoms with Gasteiger partial charge in [0.2, 0.25) is 0 Å². The molecule has 0 bridgehead atoms. The van der Waals surface area contributed by atoms with Gasteiger partial charge in [0.05, 0.1) is 17.9 Å². The van der Waals surface area contributed by atoms with Crippen molar-refractivity contribution in [2.45, 2.75) is 45.9 Å². The number of rotatable bonds is 3. The molecule has 0 aliphatic carbocycles. The number of hydrogen-bond donors (Lipinski definition) is 0. The van der Waals surface area contributed by atoms with Gasteiger partial charge >= 0.3 is 12.2 Å². The third kappa shape index (κ3) is 4.06. The molecule has 0 radical (unpaired) electrons. The van der Waals surface area contributed by atoms with E-state index in [0.717, 1.165) is 4.90 Å². The van der Waals surface area contributed by atoms with E-state index in [2.05, 4.69) is 4.98 Å². The molecular weight excluding hydrogens is 374 g/mol. The van der Waals surface area contributed by atoms with Crippen LogP contribution in [0.1, 0.15) is 39.3 Å². The van der Waals surface area contributed by atoms with Crippen LogP contribution in [0, 0.1) is 0 Å². The number of anilines is 2. The Balaban J connectivity index is 2.18.